The quantitative estimate of drug-likeness (QED) is 0.682. The van der Waals surface area contributed by atoms with Crippen molar-refractivity contribution in [1.29, 1.82) is 0 Å². The second kappa shape index (κ2) is 5.31. The van der Waals surface area contributed by atoms with Crippen molar-refractivity contribution in [2.24, 2.45) is 7.05 Å². The van der Waals surface area contributed by atoms with Gasteiger partial charge in [0.25, 0.3) is 0 Å². The minimum Gasteiger partial charge on any atom is -0.392 e. The number of hydrogen-bond donors (Lipinski definition) is 2. The van der Waals surface area contributed by atoms with Gasteiger partial charge in [0.2, 0.25) is 5.91 Å². The molecule has 0 aliphatic heterocycles. The maximum Gasteiger partial charge on any atom is 0.244 e. The highest BCUT2D eigenvalue weighted by Crippen LogP contribution is 1.98. The molecule has 0 aliphatic rings. The van der Waals surface area contributed by atoms with Gasteiger partial charge in [-0.25, -0.2) is 0 Å². The topological polar surface area (TPSA) is 67.2 Å². The first-order chi connectivity index (χ1) is 7.08. The van der Waals surface area contributed by atoms with Crippen LogP contribution in [0.15, 0.2) is 18.5 Å². The molecule has 0 bridgehead atoms. The van der Waals surface area contributed by atoms with Crippen molar-refractivity contribution in [3.63, 3.8) is 0 Å². The Morgan fingerprint density at radius 1 is 1.80 bits per heavy atom. The predicted molar refractivity (Wildman–Crippen MR) is 56.9 cm³/mol. The van der Waals surface area contributed by atoms with E-state index in [0.717, 1.165) is 5.56 Å². The second-order valence-corrected chi connectivity index (χ2v) is 3.37. The maximum absolute atomic E-state index is 11.2. The summed E-state index contributed by atoms with van der Waals surface area (Å²) in [6, 6.07) is 0. The molecule has 1 unspecified atom stereocenters. The van der Waals surface area contributed by atoms with Gasteiger partial charge >= 0.3 is 0 Å². The van der Waals surface area contributed by atoms with E-state index in [-0.39, 0.29) is 12.5 Å². The van der Waals surface area contributed by atoms with Crippen molar-refractivity contribution in [2.45, 2.75) is 13.0 Å². The van der Waals surface area contributed by atoms with E-state index in [0.29, 0.717) is 0 Å². The van der Waals surface area contributed by atoms with Crippen molar-refractivity contribution in [3.8, 4) is 0 Å². The van der Waals surface area contributed by atoms with Gasteiger partial charge in [-0.15, -0.1) is 0 Å². The summed E-state index contributed by atoms with van der Waals surface area (Å²) in [6.45, 7) is 1.88. The van der Waals surface area contributed by atoms with E-state index in [1.807, 2.05) is 7.05 Å². The van der Waals surface area contributed by atoms with Crippen LogP contribution >= 0.6 is 0 Å². The fourth-order valence-electron chi connectivity index (χ4n) is 1.01. The van der Waals surface area contributed by atoms with Gasteiger partial charge in [-0.3, -0.25) is 9.48 Å². The van der Waals surface area contributed by atoms with E-state index in [9.17, 15) is 4.79 Å². The molecule has 1 amide bonds. The fourth-order valence-corrected chi connectivity index (χ4v) is 1.01. The first-order valence-corrected chi connectivity index (χ1v) is 4.70. The average molecular weight is 209 g/mol. The van der Waals surface area contributed by atoms with Gasteiger partial charge in [0.1, 0.15) is 0 Å². The summed E-state index contributed by atoms with van der Waals surface area (Å²) in [4.78, 5) is 11.2. The second-order valence-electron chi connectivity index (χ2n) is 3.37. The van der Waals surface area contributed by atoms with Crippen LogP contribution in [0.25, 0.3) is 6.08 Å². The molecule has 0 aromatic carbocycles. The van der Waals surface area contributed by atoms with Crippen LogP contribution in [0, 0.1) is 0 Å². The summed E-state index contributed by atoms with van der Waals surface area (Å²) in [5.41, 5.74) is 0.865. The molecule has 0 saturated heterocycles. The molecule has 0 aliphatic carbocycles. The van der Waals surface area contributed by atoms with Crippen LogP contribution in [0.1, 0.15) is 12.5 Å². The summed E-state index contributed by atoms with van der Waals surface area (Å²) in [6.07, 6.45) is 6.03. The number of rotatable bonds is 4. The van der Waals surface area contributed by atoms with Crippen molar-refractivity contribution >= 4 is 12.0 Å². The zero-order valence-corrected chi connectivity index (χ0v) is 8.84. The van der Waals surface area contributed by atoms with Gasteiger partial charge in [-0.2, -0.15) is 5.10 Å². The highest BCUT2D eigenvalue weighted by Gasteiger charge is 1.98. The van der Waals surface area contributed by atoms with Crippen molar-refractivity contribution in [3.05, 3.63) is 24.0 Å². The molecule has 1 aromatic rings. The standard InChI is InChI=1S/C10H15N3O2/c1-8(14)5-11-10(15)4-3-9-6-12-13(2)7-9/h3-4,6-8,14H,5H2,1-2H3,(H,11,15)/b4-3+. The van der Waals surface area contributed by atoms with Gasteiger partial charge in [-0.05, 0) is 13.0 Å². The summed E-state index contributed by atoms with van der Waals surface area (Å²) in [5.74, 6) is -0.222. The third-order valence-corrected chi connectivity index (χ3v) is 1.72. The highest BCUT2D eigenvalue weighted by atomic mass is 16.3. The lowest BCUT2D eigenvalue weighted by atomic mass is 10.3. The number of aromatic nitrogens is 2. The first-order valence-electron chi connectivity index (χ1n) is 4.70. The Bertz CT molecular complexity index is 355. The lowest BCUT2D eigenvalue weighted by molar-refractivity contribution is -0.116. The summed E-state index contributed by atoms with van der Waals surface area (Å²) in [7, 11) is 1.81. The molecule has 5 nitrogen and oxygen atoms in total. The molecule has 0 spiro atoms. The van der Waals surface area contributed by atoms with E-state index < -0.39 is 6.10 Å². The third kappa shape index (κ3) is 4.42. The van der Waals surface area contributed by atoms with E-state index in [1.165, 1.54) is 6.08 Å². The Morgan fingerprint density at radius 3 is 3.07 bits per heavy atom. The molecule has 1 rings (SSSR count). The monoisotopic (exact) mass is 209 g/mol. The molecule has 82 valence electrons. The number of aliphatic hydroxyl groups is 1. The van der Waals surface area contributed by atoms with Crippen molar-refractivity contribution in [1.82, 2.24) is 15.1 Å². The molecule has 0 saturated carbocycles. The normalized spacial score (nSPS) is 13.0. The van der Waals surface area contributed by atoms with Gasteiger partial charge in [0.15, 0.2) is 0 Å². The van der Waals surface area contributed by atoms with Crippen LogP contribution in [0.5, 0.6) is 0 Å². The predicted octanol–water partition coefficient (Wildman–Crippen LogP) is -0.0697. The minimum absolute atomic E-state index is 0.222. The van der Waals surface area contributed by atoms with Crippen LogP contribution in [0.3, 0.4) is 0 Å². The smallest absolute Gasteiger partial charge is 0.244 e. The summed E-state index contributed by atoms with van der Waals surface area (Å²) < 4.78 is 1.66. The Balaban J connectivity index is 2.40. The molecule has 0 radical (unpaired) electrons. The van der Waals surface area contributed by atoms with E-state index in [4.69, 9.17) is 5.11 Å². The van der Waals surface area contributed by atoms with E-state index in [2.05, 4.69) is 10.4 Å². The van der Waals surface area contributed by atoms with E-state index in [1.54, 1.807) is 30.1 Å². The number of carbonyl (C=O) groups excluding carboxylic acids is 1. The highest BCUT2D eigenvalue weighted by molar-refractivity contribution is 5.91. The van der Waals surface area contributed by atoms with Gasteiger partial charge in [0, 0.05) is 31.4 Å². The number of hydrogen-bond acceptors (Lipinski definition) is 3. The number of aliphatic hydroxyl groups excluding tert-OH is 1. The lowest BCUT2D eigenvalue weighted by Gasteiger charge is -2.03. The van der Waals surface area contributed by atoms with Crippen molar-refractivity contribution in [2.75, 3.05) is 6.54 Å². The van der Waals surface area contributed by atoms with Crippen LogP contribution in [-0.4, -0.2) is 33.4 Å². The molecular formula is C10H15N3O2. The first kappa shape index (κ1) is 11.5. The molecule has 1 atom stereocenters. The van der Waals surface area contributed by atoms with Gasteiger partial charge in [0.05, 0.1) is 12.3 Å². The van der Waals surface area contributed by atoms with Crippen LogP contribution < -0.4 is 5.32 Å². The average Bonchev–Trinajstić information content (AvgIpc) is 2.58. The Kier molecular flexibility index (Phi) is 4.05. The Morgan fingerprint density at radius 2 is 2.53 bits per heavy atom. The minimum atomic E-state index is -0.527. The molecule has 15 heavy (non-hydrogen) atoms. The van der Waals surface area contributed by atoms with Gasteiger partial charge in [-0.1, -0.05) is 0 Å². The molecule has 2 N–H and O–H groups in total. The lowest BCUT2D eigenvalue weighted by Crippen LogP contribution is -2.28. The van der Waals surface area contributed by atoms with Crippen molar-refractivity contribution < 1.29 is 9.90 Å². The summed E-state index contributed by atoms with van der Waals surface area (Å²) >= 11 is 0. The molecule has 1 aromatic heterocycles. The molecule has 1 heterocycles. The maximum atomic E-state index is 11.2. The molecular weight excluding hydrogens is 194 g/mol. The molecule has 5 heteroatoms. The van der Waals surface area contributed by atoms with Crippen LogP contribution in [-0.2, 0) is 11.8 Å². The Labute approximate surface area is 88.4 Å². The van der Waals surface area contributed by atoms with Crippen LogP contribution in [0.4, 0.5) is 0 Å². The number of nitrogens with one attached hydrogen (secondary N) is 1. The number of aryl methyl sites for hydroxylation is 1. The SMILES string of the molecule is CC(O)CNC(=O)/C=C/c1cnn(C)c1. The zero-order chi connectivity index (χ0) is 11.3. The number of carbonyl (C=O) groups is 1. The largest absolute Gasteiger partial charge is 0.392 e. The third-order valence-electron chi connectivity index (χ3n) is 1.72. The number of amides is 1. The number of nitrogens with zero attached hydrogens (tertiary/aromatic N) is 2. The Hall–Kier alpha value is -1.62. The fraction of sp³-hybridized carbons (Fsp3) is 0.400. The van der Waals surface area contributed by atoms with Gasteiger partial charge < -0.3 is 10.4 Å². The zero-order valence-electron chi connectivity index (χ0n) is 8.84. The van der Waals surface area contributed by atoms with Crippen LogP contribution in [0.2, 0.25) is 0 Å². The summed E-state index contributed by atoms with van der Waals surface area (Å²) in [5, 5.41) is 15.5. The van der Waals surface area contributed by atoms with E-state index >= 15 is 0 Å². The molecule has 0 fully saturated rings.